The van der Waals surface area contributed by atoms with Crippen LogP contribution in [0.3, 0.4) is 0 Å². The van der Waals surface area contributed by atoms with Gasteiger partial charge in [0.25, 0.3) is 0 Å². The molecule has 0 aliphatic heterocycles. The first kappa shape index (κ1) is 24.4. The van der Waals surface area contributed by atoms with Crippen LogP contribution >= 0.6 is 24.0 Å². The molecular weight excluding hydrogens is 503 g/mol. The van der Waals surface area contributed by atoms with E-state index in [0.717, 1.165) is 41.7 Å². The van der Waals surface area contributed by atoms with Crippen molar-refractivity contribution in [3.8, 4) is 11.3 Å². The summed E-state index contributed by atoms with van der Waals surface area (Å²) in [7, 11) is 3.76. The minimum atomic E-state index is -0.0660. The number of nitrogens with zero attached hydrogens (tertiary/aromatic N) is 3. The molecule has 0 unspecified atom stereocenters. The predicted octanol–water partition coefficient (Wildman–Crippen LogP) is 3.90. The third kappa shape index (κ3) is 7.39. The van der Waals surface area contributed by atoms with Gasteiger partial charge in [0.05, 0.1) is 18.4 Å². The number of imidazole rings is 1. The third-order valence-electron chi connectivity index (χ3n) is 4.64. The lowest BCUT2D eigenvalue weighted by Gasteiger charge is -2.21. The number of H-pyrrole nitrogens is 1. The maximum absolute atomic E-state index is 11.1. The van der Waals surface area contributed by atoms with Crippen LogP contribution in [0.2, 0.25) is 0 Å². The molecule has 3 aromatic rings. The number of amides is 1. The second-order valence-electron chi connectivity index (χ2n) is 7.07. The fourth-order valence-electron chi connectivity index (χ4n) is 3.17. The van der Waals surface area contributed by atoms with E-state index in [0.29, 0.717) is 6.54 Å². The van der Waals surface area contributed by atoms with Crippen LogP contribution in [0.1, 0.15) is 18.3 Å². The Labute approximate surface area is 200 Å². The van der Waals surface area contributed by atoms with E-state index in [4.69, 9.17) is 0 Å². The van der Waals surface area contributed by atoms with Crippen LogP contribution in [-0.4, -0.2) is 47.4 Å². The van der Waals surface area contributed by atoms with Crippen molar-refractivity contribution < 1.29 is 4.79 Å². The molecule has 0 bridgehead atoms. The number of hydrogen-bond donors (Lipinski definition) is 3. The lowest BCUT2D eigenvalue weighted by atomic mass is 10.1. The molecule has 0 atom stereocenters. The highest BCUT2D eigenvalue weighted by atomic mass is 127. The molecule has 31 heavy (non-hydrogen) atoms. The number of carbonyl (C=O) groups is 1. The summed E-state index contributed by atoms with van der Waals surface area (Å²) in [5, 5.41) is 6.16. The summed E-state index contributed by atoms with van der Waals surface area (Å²) in [5.41, 5.74) is 4.12. The number of aromatic amines is 1. The molecule has 0 aliphatic carbocycles. The number of carbonyl (C=O) groups excluding carboxylic acids is 1. The van der Waals surface area contributed by atoms with Crippen LogP contribution in [-0.2, 0) is 17.8 Å². The number of aliphatic imine (C=N–C) groups is 1. The normalized spacial score (nSPS) is 10.9. The molecule has 164 valence electrons. The lowest BCUT2D eigenvalue weighted by Crippen LogP contribution is -2.39. The van der Waals surface area contributed by atoms with Gasteiger partial charge in [0.2, 0.25) is 5.91 Å². The average Bonchev–Trinajstić information content (AvgIpc) is 3.21. The zero-order chi connectivity index (χ0) is 21.3. The van der Waals surface area contributed by atoms with Crippen molar-refractivity contribution in [2.75, 3.05) is 26.0 Å². The van der Waals surface area contributed by atoms with Gasteiger partial charge in [-0.25, -0.2) is 4.98 Å². The van der Waals surface area contributed by atoms with Crippen LogP contribution in [0, 0.1) is 0 Å². The van der Waals surface area contributed by atoms with Gasteiger partial charge in [-0.05, 0) is 29.7 Å². The van der Waals surface area contributed by atoms with Crippen LogP contribution in [0.4, 0.5) is 5.69 Å². The summed E-state index contributed by atoms with van der Waals surface area (Å²) in [6.07, 6.45) is 2.71. The first-order chi connectivity index (χ1) is 14.5. The molecule has 0 radical (unpaired) electrons. The second kappa shape index (κ2) is 12.1. The summed E-state index contributed by atoms with van der Waals surface area (Å²) in [6.45, 7) is 2.88. The monoisotopic (exact) mass is 532 g/mol. The number of anilines is 1. The Balaban J connectivity index is 0.00000341. The Morgan fingerprint density at radius 1 is 1.13 bits per heavy atom. The van der Waals surface area contributed by atoms with E-state index >= 15 is 0 Å². The SMILES string of the molecule is CN=C(NCCc1ccc(NC(C)=O)cc1)N(C)Cc1ncc(-c2ccccc2)[nH]1.I. The minimum absolute atomic E-state index is 0. The van der Waals surface area contributed by atoms with Crippen LogP contribution < -0.4 is 10.6 Å². The average molecular weight is 532 g/mol. The molecule has 1 aromatic heterocycles. The van der Waals surface area contributed by atoms with E-state index in [1.807, 2.05) is 60.6 Å². The highest BCUT2D eigenvalue weighted by Gasteiger charge is 2.10. The molecule has 3 rings (SSSR count). The molecule has 0 aliphatic rings. The number of guanidine groups is 1. The fraction of sp³-hybridized carbons (Fsp3) is 0.261. The van der Waals surface area contributed by atoms with Crippen molar-refractivity contribution in [1.29, 1.82) is 0 Å². The van der Waals surface area contributed by atoms with Crippen LogP contribution in [0.25, 0.3) is 11.3 Å². The van der Waals surface area contributed by atoms with Crippen LogP contribution in [0.5, 0.6) is 0 Å². The Bertz CT molecular complexity index is 985. The van der Waals surface area contributed by atoms with Gasteiger partial charge in [0.1, 0.15) is 5.82 Å². The summed E-state index contributed by atoms with van der Waals surface area (Å²) in [6, 6.07) is 18.0. The zero-order valence-electron chi connectivity index (χ0n) is 18.1. The summed E-state index contributed by atoms with van der Waals surface area (Å²) >= 11 is 0. The third-order valence-corrected chi connectivity index (χ3v) is 4.64. The van der Waals surface area contributed by atoms with Crippen molar-refractivity contribution in [2.45, 2.75) is 19.9 Å². The minimum Gasteiger partial charge on any atom is -0.356 e. The number of rotatable bonds is 7. The molecular formula is C23H29IN6O. The van der Waals surface area contributed by atoms with E-state index in [-0.39, 0.29) is 29.9 Å². The molecule has 7 nitrogen and oxygen atoms in total. The summed E-state index contributed by atoms with van der Waals surface area (Å²) in [4.78, 5) is 25.4. The Hall–Kier alpha value is -2.88. The highest BCUT2D eigenvalue weighted by molar-refractivity contribution is 14.0. The zero-order valence-corrected chi connectivity index (χ0v) is 20.4. The van der Waals surface area contributed by atoms with Gasteiger partial charge in [0, 0.05) is 33.3 Å². The first-order valence-corrected chi connectivity index (χ1v) is 9.93. The van der Waals surface area contributed by atoms with Crippen molar-refractivity contribution >= 4 is 41.5 Å². The van der Waals surface area contributed by atoms with Gasteiger partial charge in [0.15, 0.2) is 5.96 Å². The van der Waals surface area contributed by atoms with Gasteiger partial charge in [-0.15, -0.1) is 24.0 Å². The predicted molar refractivity (Wildman–Crippen MR) is 137 cm³/mol. The topological polar surface area (TPSA) is 85.4 Å². The standard InChI is InChI=1S/C23H28N6O.HI/c1-17(30)27-20-11-9-18(10-12-20)13-14-25-23(24-2)29(3)16-22-26-15-21(28-22)19-7-5-4-6-8-19;/h4-12,15H,13-14,16H2,1-3H3,(H,24,25)(H,26,28)(H,27,30);1H. The van der Waals surface area contributed by atoms with Crippen molar-refractivity contribution in [3.63, 3.8) is 0 Å². The number of halogens is 1. The molecule has 0 saturated carbocycles. The summed E-state index contributed by atoms with van der Waals surface area (Å²) in [5.74, 6) is 1.62. The van der Waals surface area contributed by atoms with E-state index in [2.05, 4.69) is 37.7 Å². The number of benzene rings is 2. The van der Waals surface area contributed by atoms with E-state index in [1.165, 1.54) is 12.5 Å². The highest BCUT2D eigenvalue weighted by Crippen LogP contribution is 2.16. The van der Waals surface area contributed by atoms with E-state index < -0.39 is 0 Å². The maximum atomic E-state index is 11.1. The molecule has 1 amide bonds. The second-order valence-corrected chi connectivity index (χ2v) is 7.07. The molecule has 8 heteroatoms. The molecule has 0 saturated heterocycles. The maximum Gasteiger partial charge on any atom is 0.221 e. The molecule has 0 fully saturated rings. The van der Waals surface area contributed by atoms with Crippen molar-refractivity contribution in [1.82, 2.24) is 20.2 Å². The van der Waals surface area contributed by atoms with Crippen molar-refractivity contribution in [3.05, 3.63) is 72.2 Å². The Morgan fingerprint density at radius 3 is 2.48 bits per heavy atom. The number of hydrogen-bond acceptors (Lipinski definition) is 3. The van der Waals surface area contributed by atoms with Gasteiger partial charge in [-0.2, -0.15) is 0 Å². The molecule has 2 aromatic carbocycles. The quantitative estimate of drug-likeness (QED) is 0.245. The molecule has 1 heterocycles. The van der Waals surface area contributed by atoms with Gasteiger partial charge >= 0.3 is 0 Å². The first-order valence-electron chi connectivity index (χ1n) is 9.93. The number of aromatic nitrogens is 2. The fourth-order valence-corrected chi connectivity index (χ4v) is 3.17. The van der Waals surface area contributed by atoms with Crippen molar-refractivity contribution in [2.24, 2.45) is 4.99 Å². The van der Waals surface area contributed by atoms with Gasteiger partial charge < -0.3 is 20.5 Å². The smallest absolute Gasteiger partial charge is 0.221 e. The lowest BCUT2D eigenvalue weighted by molar-refractivity contribution is -0.114. The summed E-state index contributed by atoms with van der Waals surface area (Å²) < 4.78 is 0. The van der Waals surface area contributed by atoms with Gasteiger partial charge in [-0.1, -0.05) is 42.5 Å². The molecule has 3 N–H and O–H groups in total. The van der Waals surface area contributed by atoms with Crippen LogP contribution in [0.15, 0.2) is 65.8 Å². The van der Waals surface area contributed by atoms with Gasteiger partial charge in [-0.3, -0.25) is 9.79 Å². The number of nitrogens with one attached hydrogen (secondary N) is 3. The largest absolute Gasteiger partial charge is 0.356 e. The molecule has 0 spiro atoms. The Kier molecular flexibility index (Phi) is 9.51. The van der Waals surface area contributed by atoms with E-state index in [1.54, 1.807) is 7.05 Å². The van der Waals surface area contributed by atoms with E-state index in [9.17, 15) is 4.79 Å². The Morgan fingerprint density at radius 2 is 1.84 bits per heavy atom.